The summed E-state index contributed by atoms with van der Waals surface area (Å²) in [6.45, 7) is 0.764. The Balaban J connectivity index is 1.98. The first-order chi connectivity index (χ1) is 14.4. The Hall–Kier alpha value is -2.77. The van der Waals surface area contributed by atoms with Gasteiger partial charge >= 0.3 is 0 Å². The number of ether oxygens (including phenoxy) is 2. The lowest BCUT2D eigenvalue weighted by Crippen LogP contribution is -2.62. The molecule has 0 bridgehead atoms. The average Bonchev–Trinajstić information content (AvgIpc) is 2.74. The first kappa shape index (κ1) is 21.9. The van der Waals surface area contributed by atoms with E-state index in [0.29, 0.717) is 6.54 Å². The van der Waals surface area contributed by atoms with Gasteiger partial charge in [-0.2, -0.15) is 0 Å². The van der Waals surface area contributed by atoms with Gasteiger partial charge < -0.3 is 19.3 Å². The Morgan fingerprint density at radius 1 is 1.17 bits per heavy atom. The Kier molecular flexibility index (Phi) is 6.84. The summed E-state index contributed by atoms with van der Waals surface area (Å²) in [5, 5.41) is 0. The maximum Gasteiger partial charge on any atom is 0.256 e. The molecule has 0 unspecified atom stereocenters. The van der Waals surface area contributed by atoms with E-state index in [-0.39, 0.29) is 43.8 Å². The maximum atomic E-state index is 13.4. The van der Waals surface area contributed by atoms with Gasteiger partial charge in [0.05, 0.1) is 13.2 Å². The fraction of sp³-hybridized carbons (Fsp3) is 0.391. The zero-order valence-electron chi connectivity index (χ0n) is 17.6. The van der Waals surface area contributed by atoms with Crippen molar-refractivity contribution >= 4 is 11.8 Å². The van der Waals surface area contributed by atoms with Crippen molar-refractivity contribution < 1.29 is 23.5 Å². The largest absolute Gasteiger partial charge is 0.375 e. The van der Waals surface area contributed by atoms with E-state index in [0.717, 1.165) is 16.7 Å². The second-order valence-electron chi connectivity index (χ2n) is 7.63. The van der Waals surface area contributed by atoms with Gasteiger partial charge in [0.25, 0.3) is 5.91 Å². The molecule has 2 aromatic carbocycles. The molecule has 1 saturated heterocycles. The topological polar surface area (TPSA) is 59.1 Å². The monoisotopic (exact) mass is 414 g/mol. The van der Waals surface area contributed by atoms with Gasteiger partial charge in [-0.1, -0.05) is 36.4 Å². The summed E-state index contributed by atoms with van der Waals surface area (Å²) in [7, 11) is 4.82. The van der Waals surface area contributed by atoms with Gasteiger partial charge in [-0.05, 0) is 28.8 Å². The van der Waals surface area contributed by atoms with E-state index in [2.05, 4.69) is 0 Å². The minimum Gasteiger partial charge on any atom is -0.375 e. The third kappa shape index (κ3) is 4.68. The van der Waals surface area contributed by atoms with Crippen LogP contribution in [0.4, 0.5) is 4.39 Å². The van der Waals surface area contributed by atoms with Crippen LogP contribution in [0.15, 0.2) is 48.5 Å². The highest BCUT2D eigenvalue weighted by molar-refractivity contribution is 5.87. The van der Waals surface area contributed by atoms with Crippen molar-refractivity contribution in [3.05, 3.63) is 59.9 Å². The van der Waals surface area contributed by atoms with Crippen LogP contribution in [0.1, 0.15) is 5.56 Å². The van der Waals surface area contributed by atoms with E-state index in [9.17, 15) is 14.0 Å². The zero-order valence-corrected chi connectivity index (χ0v) is 17.6. The Bertz CT molecular complexity index is 900. The Labute approximate surface area is 176 Å². The van der Waals surface area contributed by atoms with Crippen molar-refractivity contribution in [2.45, 2.75) is 12.0 Å². The van der Waals surface area contributed by atoms with Crippen LogP contribution < -0.4 is 0 Å². The molecular formula is C23H27FN2O4. The predicted molar refractivity (Wildman–Crippen MR) is 111 cm³/mol. The van der Waals surface area contributed by atoms with Crippen LogP contribution >= 0.6 is 0 Å². The van der Waals surface area contributed by atoms with Crippen LogP contribution in [0.25, 0.3) is 11.1 Å². The normalized spacial score (nSPS) is 18.9. The lowest BCUT2D eigenvalue weighted by atomic mass is 9.87. The van der Waals surface area contributed by atoms with Crippen molar-refractivity contribution in [1.82, 2.24) is 9.80 Å². The molecular weight excluding hydrogens is 387 g/mol. The van der Waals surface area contributed by atoms with Gasteiger partial charge in [-0.15, -0.1) is 0 Å². The van der Waals surface area contributed by atoms with E-state index >= 15 is 0 Å². The number of methoxy groups -OCH3 is 1. The van der Waals surface area contributed by atoms with Crippen LogP contribution in [0, 0.1) is 5.82 Å². The number of likely N-dealkylation sites (N-methyl/N-ethyl adjacent to an activating group) is 1. The molecule has 1 heterocycles. The first-order valence-corrected chi connectivity index (χ1v) is 9.82. The molecule has 30 heavy (non-hydrogen) atoms. The van der Waals surface area contributed by atoms with Gasteiger partial charge in [0, 0.05) is 34.2 Å². The summed E-state index contributed by atoms with van der Waals surface area (Å²) in [4.78, 5) is 28.8. The quantitative estimate of drug-likeness (QED) is 0.728. The van der Waals surface area contributed by atoms with Crippen molar-refractivity contribution in [1.29, 1.82) is 0 Å². The van der Waals surface area contributed by atoms with Crippen molar-refractivity contribution in [2.24, 2.45) is 0 Å². The van der Waals surface area contributed by atoms with Gasteiger partial charge in [-0.3, -0.25) is 9.59 Å². The fourth-order valence-electron chi connectivity index (χ4n) is 3.82. The SMILES string of the molecule is COCC(=O)N1CCO[C@@](Cc2ccccc2-c2ccc(F)cc2)(C(=O)N(C)C)C1. The number of carbonyl (C=O) groups is 2. The zero-order chi connectivity index (χ0) is 21.7. The van der Waals surface area contributed by atoms with E-state index in [1.165, 1.54) is 24.1 Å². The molecule has 2 amide bonds. The highest BCUT2D eigenvalue weighted by Crippen LogP contribution is 2.31. The van der Waals surface area contributed by atoms with Gasteiger partial charge in [0.15, 0.2) is 5.60 Å². The predicted octanol–water partition coefficient (Wildman–Crippen LogP) is 2.37. The second kappa shape index (κ2) is 9.36. The number of morpholine rings is 1. The lowest BCUT2D eigenvalue weighted by Gasteiger charge is -2.43. The third-order valence-electron chi connectivity index (χ3n) is 5.25. The fourth-order valence-corrected chi connectivity index (χ4v) is 3.82. The standard InChI is InChI=1S/C23H27FN2O4/c1-25(2)22(28)23(16-26(12-13-30-23)21(27)15-29-3)14-18-6-4-5-7-20(18)17-8-10-19(24)11-9-17/h4-11H,12-16H2,1-3H3/t23-/m1/s1. The van der Waals surface area contributed by atoms with Crippen LogP contribution in [-0.4, -0.2) is 74.7 Å². The van der Waals surface area contributed by atoms with Crippen LogP contribution in [0.3, 0.4) is 0 Å². The number of halogens is 1. The van der Waals surface area contributed by atoms with Gasteiger partial charge in [0.1, 0.15) is 12.4 Å². The van der Waals surface area contributed by atoms with E-state index in [4.69, 9.17) is 9.47 Å². The molecule has 2 aromatic rings. The summed E-state index contributed by atoms with van der Waals surface area (Å²) in [5.41, 5.74) is 1.43. The van der Waals surface area contributed by atoms with Crippen LogP contribution in [0.2, 0.25) is 0 Å². The number of rotatable bonds is 6. The highest BCUT2D eigenvalue weighted by Gasteiger charge is 2.46. The van der Waals surface area contributed by atoms with Crippen molar-refractivity contribution in [3.63, 3.8) is 0 Å². The number of nitrogens with zero attached hydrogens (tertiary/aromatic N) is 2. The number of amides is 2. The van der Waals surface area contributed by atoms with Gasteiger partial charge in [-0.25, -0.2) is 4.39 Å². The molecule has 0 N–H and O–H groups in total. The van der Waals surface area contributed by atoms with Gasteiger partial charge in [0.2, 0.25) is 5.91 Å². The number of hydrogen-bond donors (Lipinski definition) is 0. The first-order valence-electron chi connectivity index (χ1n) is 9.82. The molecule has 1 atom stereocenters. The molecule has 160 valence electrons. The number of hydrogen-bond acceptors (Lipinski definition) is 4. The molecule has 0 saturated carbocycles. The molecule has 0 aliphatic carbocycles. The van der Waals surface area contributed by atoms with E-state index in [1.54, 1.807) is 31.1 Å². The van der Waals surface area contributed by atoms with Crippen molar-refractivity contribution in [2.75, 3.05) is 47.5 Å². The van der Waals surface area contributed by atoms with Crippen LogP contribution in [-0.2, 0) is 25.5 Å². The van der Waals surface area contributed by atoms with Crippen molar-refractivity contribution in [3.8, 4) is 11.1 Å². The molecule has 6 nitrogen and oxygen atoms in total. The maximum absolute atomic E-state index is 13.4. The van der Waals surface area contributed by atoms with E-state index in [1.807, 2.05) is 24.3 Å². The molecule has 0 spiro atoms. The molecule has 0 aromatic heterocycles. The highest BCUT2D eigenvalue weighted by atomic mass is 19.1. The minimum atomic E-state index is -1.21. The third-order valence-corrected chi connectivity index (χ3v) is 5.25. The number of carbonyl (C=O) groups excluding carboxylic acids is 2. The minimum absolute atomic E-state index is 0.0433. The summed E-state index contributed by atoms with van der Waals surface area (Å²) in [6, 6.07) is 13.9. The second-order valence-corrected chi connectivity index (χ2v) is 7.63. The average molecular weight is 414 g/mol. The summed E-state index contributed by atoms with van der Waals surface area (Å²) >= 11 is 0. The molecule has 1 aliphatic rings. The lowest BCUT2D eigenvalue weighted by molar-refractivity contribution is -0.173. The number of benzene rings is 2. The summed E-state index contributed by atoms with van der Waals surface area (Å²) in [5.74, 6) is -0.687. The molecule has 1 aliphatic heterocycles. The molecule has 1 fully saturated rings. The summed E-state index contributed by atoms with van der Waals surface area (Å²) < 4.78 is 24.5. The molecule has 7 heteroatoms. The molecule has 0 radical (unpaired) electrons. The molecule has 3 rings (SSSR count). The smallest absolute Gasteiger partial charge is 0.256 e. The Morgan fingerprint density at radius 3 is 2.53 bits per heavy atom. The Morgan fingerprint density at radius 2 is 1.87 bits per heavy atom. The summed E-state index contributed by atoms with van der Waals surface area (Å²) in [6.07, 6.45) is 0.286. The van der Waals surface area contributed by atoms with E-state index < -0.39 is 5.60 Å². The van der Waals surface area contributed by atoms with Crippen LogP contribution in [0.5, 0.6) is 0 Å².